The molecule has 2 aromatic rings. The van der Waals surface area contributed by atoms with Crippen molar-refractivity contribution in [1.29, 1.82) is 0 Å². The quantitative estimate of drug-likeness (QED) is 0.0754. The van der Waals surface area contributed by atoms with Crippen molar-refractivity contribution in [3.05, 3.63) is 51.5 Å². The van der Waals surface area contributed by atoms with Crippen molar-refractivity contribution >= 4 is 41.1 Å². The summed E-state index contributed by atoms with van der Waals surface area (Å²) in [5.74, 6) is -1.65. The van der Waals surface area contributed by atoms with Crippen LogP contribution in [0, 0.1) is 11.8 Å². The predicted molar refractivity (Wildman–Crippen MR) is 239 cm³/mol. The number of nitrogens with one attached hydrogen (secondary N) is 4. The molecule has 1 aromatic carbocycles. The molecule has 4 rings (SSSR count). The number of piperidine rings is 1. The van der Waals surface area contributed by atoms with E-state index >= 15 is 0 Å². The third-order valence-corrected chi connectivity index (χ3v) is 12.8. The van der Waals surface area contributed by atoms with Gasteiger partial charge in [0.05, 0.1) is 25.2 Å². The molecule has 16 nitrogen and oxygen atoms in total. The Bertz CT molecular complexity index is 1740. The van der Waals surface area contributed by atoms with Crippen LogP contribution in [-0.4, -0.2) is 122 Å². The van der Waals surface area contributed by atoms with Gasteiger partial charge in [-0.25, -0.2) is 15.2 Å². The molecular weight excluding hydrogens is 813 g/mol. The van der Waals surface area contributed by atoms with E-state index in [1.165, 1.54) is 11.3 Å². The molecule has 2 heterocycles. The first-order valence-electron chi connectivity index (χ1n) is 22.6. The lowest BCUT2D eigenvalue weighted by Crippen LogP contribution is -2.58. The fraction of sp³-hybridized carbons (Fsp3) is 0.689. The van der Waals surface area contributed by atoms with E-state index in [0.29, 0.717) is 50.6 Å². The number of ether oxygens (including phenoxy) is 3. The van der Waals surface area contributed by atoms with Crippen LogP contribution in [0.3, 0.4) is 0 Å². The van der Waals surface area contributed by atoms with E-state index in [1.807, 2.05) is 57.0 Å². The van der Waals surface area contributed by atoms with Crippen LogP contribution in [0.5, 0.6) is 0 Å². The number of nitrogens with two attached hydrogens (primary N) is 1. The lowest BCUT2D eigenvalue weighted by Gasteiger charge is -2.40. The van der Waals surface area contributed by atoms with Crippen molar-refractivity contribution in [2.24, 2.45) is 17.6 Å². The van der Waals surface area contributed by atoms with Crippen LogP contribution in [0.4, 0.5) is 4.79 Å². The number of benzene rings is 1. The third-order valence-electron chi connectivity index (χ3n) is 11.9. The fourth-order valence-electron chi connectivity index (χ4n) is 8.27. The second kappa shape index (κ2) is 25.8. The van der Waals surface area contributed by atoms with Crippen LogP contribution in [0.25, 0.3) is 0 Å². The Hall–Kier alpha value is -4.16. The molecule has 6 N–H and O–H groups in total. The summed E-state index contributed by atoms with van der Waals surface area (Å²) in [5.41, 5.74) is 12.1. The lowest BCUT2D eigenvalue weighted by atomic mass is 9.79. The molecule has 7 atom stereocenters. The molecule has 1 aromatic heterocycles. The normalized spacial score (nSPS) is 19.7. The zero-order valence-electron chi connectivity index (χ0n) is 37.9. The van der Waals surface area contributed by atoms with Gasteiger partial charge in [0.25, 0.3) is 5.91 Å². The Morgan fingerprint density at radius 1 is 0.984 bits per heavy atom. The standard InChI is InChI=1S/C45H72N8O8S/c1-8-19-53(44(57)39(30(6)10-3)49-42(56)36-17-13-14-20-52(36)7)37(29(4)5)27-38(60-21-9-2)43-48-35(28-62-43)41(55)47-32-25-31-15-11-12-16-33(31)34(26-32)40(54)50-51-45(58)61-24-23-59-22-18-46/h11-12,15-16,28-30,32,34,36-39H,8-10,13-14,17-27,46H2,1-7H3,(H,47,55)(H,49,56)(H,50,54)(H,51,58)/t30-,32-,34+,36+,37?,38+,39-/m0/s1. The highest BCUT2D eigenvalue weighted by Crippen LogP contribution is 2.34. The van der Waals surface area contributed by atoms with Gasteiger partial charge in [-0.05, 0) is 75.1 Å². The van der Waals surface area contributed by atoms with Gasteiger partial charge in [-0.15, -0.1) is 11.3 Å². The topological polar surface area (TPSA) is 207 Å². The molecule has 62 heavy (non-hydrogen) atoms. The van der Waals surface area contributed by atoms with Gasteiger partial charge in [0.15, 0.2) is 0 Å². The van der Waals surface area contributed by atoms with Crippen LogP contribution in [-0.2, 0) is 35.0 Å². The fourth-order valence-corrected chi connectivity index (χ4v) is 9.13. The average Bonchev–Trinajstić information content (AvgIpc) is 3.77. The van der Waals surface area contributed by atoms with Crippen molar-refractivity contribution in [3.63, 3.8) is 0 Å². The van der Waals surface area contributed by atoms with Crippen LogP contribution >= 0.6 is 11.3 Å². The number of likely N-dealkylation sites (tertiary alicyclic amines) is 1. The van der Waals surface area contributed by atoms with Crippen molar-refractivity contribution in [2.75, 3.05) is 53.1 Å². The van der Waals surface area contributed by atoms with E-state index in [9.17, 15) is 24.0 Å². The van der Waals surface area contributed by atoms with Crippen LogP contribution in [0.2, 0.25) is 0 Å². The Morgan fingerprint density at radius 2 is 1.76 bits per heavy atom. The van der Waals surface area contributed by atoms with Crippen LogP contribution < -0.4 is 27.2 Å². The Kier molecular flexibility index (Phi) is 21.0. The first-order chi connectivity index (χ1) is 29.8. The zero-order chi connectivity index (χ0) is 45.2. The molecule has 2 aliphatic rings. The smallest absolute Gasteiger partial charge is 0.426 e. The number of carbonyl (C=O) groups excluding carboxylic acids is 5. The summed E-state index contributed by atoms with van der Waals surface area (Å²) in [5, 5.41) is 8.66. The summed E-state index contributed by atoms with van der Waals surface area (Å²) >= 11 is 1.35. The second-order valence-corrected chi connectivity index (χ2v) is 17.8. The number of aromatic nitrogens is 1. The van der Waals surface area contributed by atoms with E-state index in [-0.39, 0.29) is 60.5 Å². The molecule has 1 saturated heterocycles. The summed E-state index contributed by atoms with van der Waals surface area (Å²) in [6, 6.07) is 6.01. The molecule has 1 aliphatic carbocycles. The molecule has 0 spiro atoms. The zero-order valence-corrected chi connectivity index (χ0v) is 38.7. The first-order valence-corrected chi connectivity index (χ1v) is 23.5. The highest BCUT2D eigenvalue weighted by atomic mass is 32.1. The van der Waals surface area contributed by atoms with Gasteiger partial charge in [-0.3, -0.25) is 29.5 Å². The summed E-state index contributed by atoms with van der Waals surface area (Å²) < 4.78 is 16.7. The minimum atomic E-state index is -0.824. The number of hydrogen-bond acceptors (Lipinski definition) is 12. The molecule has 0 radical (unpaired) electrons. The largest absolute Gasteiger partial charge is 0.446 e. The molecule has 5 amide bonds. The Balaban J connectivity index is 1.48. The number of rotatable bonds is 23. The Morgan fingerprint density at radius 3 is 2.45 bits per heavy atom. The third kappa shape index (κ3) is 14.4. The molecule has 346 valence electrons. The molecule has 0 bridgehead atoms. The number of fused-ring (bicyclic) bond motifs is 1. The summed E-state index contributed by atoms with van der Waals surface area (Å²) in [4.78, 5) is 76.7. The molecule has 0 saturated carbocycles. The molecule has 1 unspecified atom stereocenters. The van der Waals surface area contributed by atoms with E-state index in [2.05, 4.69) is 47.2 Å². The maximum atomic E-state index is 14.7. The summed E-state index contributed by atoms with van der Waals surface area (Å²) in [6.07, 6.45) is 5.04. The molecule has 1 aliphatic heterocycles. The van der Waals surface area contributed by atoms with E-state index < -0.39 is 36.1 Å². The number of hydrogen-bond donors (Lipinski definition) is 5. The van der Waals surface area contributed by atoms with Gasteiger partial charge in [-0.2, -0.15) is 0 Å². The molecule has 17 heteroatoms. The van der Waals surface area contributed by atoms with Gasteiger partial charge >= 0.3 is 6.09 Å². The number of carbonyl (C=O) groups is 5. The van der Waals surface area contributed by atoms with E-state index in [1.54, 1.807) is 5.38 Å². The second-order valence-electron chi connectivity index (χ2n) is 16.9. The monoisotopic (exact) mass is 885 g/mol. The Labute approximate surface area is 372 Å². The van der Waals surface area contributed by atoms with E-state index in [0.717, 1.165) is 56.2 Å². The number of hydrazine groups is 1. The maximum Gasteiger partial charge on any atom is 0.426 e. The average molecular weight is 885 g/mol. The predicted octanol–water partition coefficient (Wildman–Crippen LogP) is 4.84. The number of likely N-dealkylation sites (N-methyl/N-ethyl adjacent to an activating group) is 1. The molecule has 1 fully saturated rings. The van der Waals surface area contributed by atoms with Gasteiger partial charge in [0, 0.05) is 43.6 Å². The van der Waals surface area contributed by atoms with Gasteiger partial charge < -0.3 is 35.5 Å². The van der Waals surface area contributed by atoms with Crippen LogP contribution in [0.15, 0.2) is 29.6 Å². The van der Waals surface area contributed by atoms with Crippen LogP contribution in [0.1, 0.15) is 132 Å². The number of nitrogens with zero attached hydrogens (tertiary/aromatic N) is 3. The van der Waals surface area contributed by atoms with Crippen molar-refractivity contribution in [1.82, 2.24) is 36.3 Å². The maximum absolute atomic E-state index is 14.7. The van der Waals surface area contributed by atoms with Gasteiger partial charge in [0.1, 0.15) is 29.5 Å². The summed E-state index contributed by atoms with van der Waals surface area (Å²) in [6.45, 7) is 15.1. The first kappa shape index (κ1) is 50.5. The minimum absolute atomic E-state index is 0.000502. The summed E-state index contributed by atoms with van der Waals surface area (Å²) in [7, 11) is 1.98. The van der Waals surface area contributed by atoms with E-state index in [4.69, 9.17) is 24.9 Å². The minimum Gasteiger partial charge on any atom is -0.446 e. The van der Waals surface area contributed by atoms with Crippen molar-refractivity contribution in [3.8, 4) is 0 Å². The number of thiazole rings is 1. The highest BCUT2D eigenvalue weighted by molar-refractivity contribution is 7.09. The molecular formula is C45H72N8O8S. The lowest BCUT2D eigenvalue weighted by molar-refractivity contribution is -0.143. The van der Waals surface area contributed by atoms with Gasteiger partial charge in [-0.1, -0.05) is 78.6 Å². The highest BCUT2D eigenvalue weighted by Gasteiger charge is 2.39. The number of amides is 5. The van der Waals surface area contributed by atoms with Crippen molar-refractivity contribution < 1.29 is 38.2 Å². The van der Waals surface area contributed by atoms with Gasteiger partial charge in [0.2, 0.25) is 17.7 Å². The van der Waals surface area contributed by atoms with Crippen molar-refractivity contribution in [2.45, 2.75) is 136 Å². The SMILES string of the molecule is CCCO[C@H](CC(C(C)C)N(CCC)C(=O)[C@@H](NC(=O)[C@H]1CCCCN1C)[C@@H](C)CC)c1nc(C(=O)N[C@H]2Cc3ccccc3[C@H](C(=O)NNC(=O)OCCOCCN)C2)cs1.